The van der Waals surface area contributed by atoms with Gasteiger partial charge >= 0.3 is 0 Å². The van der Waals surface area contributed by atoms with E-state index in [1.54, 1.807) is 11.8 Å². The molecule has 0 amide bonds. The molecule has 1 N–H and O–H groups in total. The first-order valence-corrected chi connectivity index (χ1v) is 8.18. The zero-order valence-corrected chi connectivity index (χ0v) is 13.1. The van der Waals surface area contributed by atoms with Gasteiger partial charge in [-0.15, -0.1) is 5.10 Å². The van der Waals surface area contributed by atoms with Gasteiger partial charge in [-0.1, -0.05) is 24.6 Å². The van der Waals surface area contributed by atoms with Gasteiger partial charge in [-0.3, -0.25) is 0 Å². The maximum Gasteiger partial charge on any atom is 0.210 e. The van der Waals surface area contributed by atoms with Crippen molar-refractivity contribution in [3.63, 3.8) is 0 Å². The van der Waals surface area contributed by atoms with Crippen LogP contribution in [0.25, 0.3) is 0 Å². The largest absolute Gasteiger partial charge is 0.373 e. The number of hydrogen-bond donors (Lipinski definition) is 1. The molecule has 0 saturated heterocycles. The standard InChI is InChI=1S/C13H19N7S/c1-9-7-11(14-2)16-12(15-9)8-21-13-17-18-19-20(13)10-5-3-4-6-10/h7,10H,3-6,8H2,1-2H3,(H,14,15,16). The molecule has 0 spiro atoms. The molecule has 3 rings (SSSR count). The molecule has 0 radical (unpaired) electrons. The summed E-state index contributed by atoms with van der Waals surface area (Å²) in [6, 6.07) is 2.38. The second kappa shape index (κ2) is 6.38. The predicted molar refractivity (Wildman–Crippen MR) is 81.2 cm³/mol. The lowest BCUT2D eigenvalue weighted by Gasteiger charge is -2.10. The smallest absolute Gasteiger partial charge is 0.210 e. The van der Waals surface area contributed by atoms with E-state index in [9.17, 15) is 0 Å². The minimum Gasteiger partial charge on any atom is -0.373 e. The third-order valence-electron chi connectivity index (χ3n) is 3.62. The highest BCUT2D eigenvalue weighted by molar-refractivity contribution is 7.98. The van der Waals surface area contributed by atoms with Crippen LogP contribution in [0.15, 0.2) is 11.2 Å². The highest BCUT2D eigenvalue weighted by Gasteiger charge is 2.21. The Kier molecular flexibility index (Phi) is 4.33. The number of rotatable bonds is 5. The minimum absolute atomic E-state index is 0.453. The van der Waals surface area contributed by atoms with Crippen LogP contribution < -0.4 is 5.32 Å². The monoisotopic (exact) mass is 305 g/mol. The number of anilines is 1. The van der Waals surface area contributed by atoms with Crippen molar-refractivity contribution in [3.05, 3.63) is 17.6 Å². The molecule has 0 atom stereocenters. The predicted octanol–water partition coefficient (Wildman–Crippen LogP) is 2.22. The molecule has 0 unspecified atom stereocenters. The summed E-state index contributed by atoms with van der Waals surface area (Å²) >= 11 is 1.60. The quantitative estimate of drug-likeness (QED) is 0.848. The van der Waals surface area contributed by atoms with Gasteiger partial charge in [0.1, 0.15) is 11.6 Å². The fourth-order valence-corrected chi connectivity index (χ4v) is 3.41. The molecule has 8 heteroatoms. The Hall–Kier alpha value is -1.70. The first-order chi connectivity index (χ1) is 10.3. The van der Waals surface area contributed by atoms with Crippen LogP contribution in [0.1, 0.15) is 43.2 Å². The molecule has 0 aromatic carbocycles. The highest BCUT2D eigenvalue weighted by atomic mass is 32.2. The Morgan fingerprint density at radius 1 is 1.33 bits per heavy atom. The normalized spacial score (nSPS) is 15.5. The average Bonchev–Trinajstić information content (AvgIpc) is 3.15. The molecule has 1 aliphatic carbocycles. The molecule has 1 saturated carbocycles. The SMILES string of the molecule is CNc1cc(C)nc(CSc2nnnn2C2CCCC2)n1. The van der Waals surface area contributed by atoms with Crippen molar-refractivity contribution in [2.75, 3.05) is 12.4 Å². The van der Waals surface area contributed by atoms with Gasteiger partial charge in [0.05, 0.1) is 11.8 Å². The van der Waals surface area contributed by atoms with E-state index in [-0.39, 0.29) is 0 Å². The molecule has 2 heterocycles. The van der Waals surface area contributed by atoms with E-state index in [0.717, 1.165) is 22.5 Å². The first kappa shape index (κ1) is 14.2. The highest BCUT2D eigenvalue weighted by Crippen LogP contribution is 2.31. The topological polar surface area (TPSA) is 81.4 Å². The second-order valence-corrected chi connectivity index (χ2v) is 6.14. The fraction of sp³-hybridized carbons (Fsp3) is 0.615. The maximum absolute atomic E-state index is 4.46. The molecule has 2 aromatic heterocycles. The molecule has 0 bridgehead atoms. The number of tetrazole rings is 1. The van der Waals surface area contributed by atoms with Gasteiger partial charge in [-0.2, -0.15) is 0 Å². The Labute approximate surface area is 127 Å². The molecule has 1 fully saturated rings. The van der Waals surface area contributed by atoms with E-state index in [0.29, 0.717) is 11.8 Å². The van der Waals surface area contributed by atoms with Crippen molar-refractivity contribution in [3.8, 4) is 0 Å². The van der Waals surface area contributed by atoms with Crippen LogP contribution in [0.2, 0.25) is 0 Å². The van der Waals surface area contributed by atoms with Gasteiger partial charge in [-0.05, 0) is 30.2 Å². The molecular formula is C13H19N7S. The van der Waals surface area contributed by atoms with Crippen molar-refractivity contribution in [1.82, 2.24) is 30.2 Å². The number of nitrogens with zero attached hydrogens (tertiary/aromatic N) is 6. The number of hydrogen-bond acceptors (Lipinski definition) is 7. The van der Waals surface area contributed by atoms with E-state index in [2.05, 4.69) is 30.8 Å². The minimum atomic E-state index is 0.453. The average molecular weight is 305 g/mol. The summed E-state index contributed by atoms with van der Waals surface area (Å²) in [4.78, 5) is 8.92. The third kappa shape index (κ3) is 3.31. The fourth-order valence-electron chi connectivity index (χ4n) is 2.61. The van der Waals surface area contributed by atoms with E-state index >= 15 is 0 Å². The van der Waals surface area contributed by atoms with E-state index < -0.39 is 0 Å². The summed E-state index contributed by atoms with van der Waals surface area (Å²) in [7, 11) is 1.86. The van der Waals surface area contributed by atoms with E-state index in [1.165, 1.54) is 25.7 Å². The van der Waals surface area contributed by atoms with Gasteiger partial charge in [0.15, 0.2) is 0 Å². The van der Waals surface area contributed by atoms with Gasteiger partial charge in [-0.25, -0.2) is 14.6 Å². The molecule has 0 aliphatic heterocycles. The van der Waals surface area contributed by atoms with Gasteiger partial charge < -0.3 is 5.32 Å². The van der Waals surface area contributed by atoms with Crippen LogP contribution in [0, 0.1) is 6.92 Å². The van der Waals surface area contributed by atoms with Crippen LogP contribution in [0.5, 0.6) is 0 Å². The van der Waals surface area contributed by atoms with Crippen molar-refractivity contribution in [2.24, 2.45) is 0 Å². The number of thioether (sulfide) groups is 1. The van der Waals surface area contributed by atoms with Gasteiger partial charge in [0.25, 0.3) is 0 Å². The van der Waals surface area contributed by atoms with E-state index in [4.69, 9.17) is 0 Å². The summed E-state index contributed by atoms with van der Waals surface area (Å²) < 4.78 is 1.96. The first-order valence-electron chi connectivity index (χ1n) is 7.19. The van der Waals surface area contributed by atoms with Crippen LogP contribution >= 0.6 is 11.8 Å². The van der Waals surface area contributed by atoms with Gasteiger partial charge in [0.2, 0.25) is 5.16 Å². The lowest BCUT2D eigenvalue weighted by molar-refractivity contribution is 0.423. The summed E-state index contributed by atoms with van der Waals surface area (Å²) in [6.45, 7) is 1.97. The Balaban J connectivity index is 1.70. The summed E-state index contributed by atoms with van der Waals surface area (Å²) in [6.07, 6.45) is 4.87. The molecule has 21 heavy (non-hydrogen) atoms. The van der Waals surface area contributed by atoms with E-state index in [1.807, 2.05) is 24.7 Å². The summed E-state index contributed by atoms with van der Waals surface area (Å²) in [5.74, 6) is 2.31. The molecule has 7 nitrogen and oxygen atoms in total. The third-order valence-corrected chi connectivity index (χ3v) is 4.55. The second-order valence-electron chi connectivity index (χ2n) is 5.19. The van der Waals surface area contributed by atoms with Crippen LogP contribution in [0.3, 0.4) is 0 Å². The summed E-state index contributed by atoms with van der Waals surface area (Å²) in [5, 5.41) is 16.0. The summed E-state index contributed by atoms with van der Waals surface area (Å²) in [5.41, 5.74) is 0.959. The lowest BCUT2D eigenvalue weighted by Crippen LogP contribution is -2.08. The molecule has 1 aliphatic rings. The Morgan fingerprint density at radius 3 is 2.90 bits per heavy atom. The zero-order valence-electron chi connectivity index (χ0n) is 12.3. The molecule has 112 valence electrons. The lowest BCUT2D eigenvalue weighted by atomic mass is 10.3. The van der Waals surface area contributed by atoms with Crippen molar-refractivity contribution in [1.29, 1.82) is 0 Å². The Bertz CT molecular complexity index is 606. The van der Waals surface area contributed by atoms with Crippen LogP contribution in [-0.2, 0) is 5.75 Å². The van der Waals surface area contributed by atoms with Crippen molar-refractivity contribution >= 4 is 17.6 Å². The number of nitrogens with one attached hydrogen (secondary N) is 1. The van der Waals surface area contributed by atoms with Crippen molar-refractivity contribution in [2.45, 2.75) is 49.6 Å². The van der Waals surface area contributed by atoms with Crippen LogP contribution in [0.4, 0.5) is 5.82 Å². The Morgan fingerprint density at radius 2 is 2.14 bits per heavy atom. The number of aromatic nitrogens is 6. The van der Waals surface area contributed by atoms with Crippen molar-refractivity contribution < 1.29 is 0 Å². The molecular weight excluding hydrogens is 286 g/mol. The van der Waals surface area contributed by atoms with Gasteiger partial charge in [0, 0.05) is 18.8 Å². The number of aryl methyl sites for hydroxylation is 1. The molecule has 2 aromatic rings. The zero-order chi connectivity index (χ0) is 14.7. The van der Waals surface area contributed by atoms with Crippen LogP contribution in [-0.4, -0.2) is 37.2 Å². The maximum atomic E-state index is 4.46.